The number of amides is 3. The highest BCUT2D eigenvalue weighted by atomic mass is 16.6. The van der Waals surface area contributed by atoms with Crippen molar-refractivity contribution in [3.8, 4) is 5.75 Å². The predicted octanol–water partition coefficient (Wildman–Crippen LogP) is 2.06. The van der Waals surface area contributed by atoms with Gasteiger partial charge in [0.1, 0.15) is 11.4 Å². The van der Waals surface area contributed by atoms with Gasteiger partial charge in [0.2, 0.25) is 0 Å². The molecule has 0 atom stereocenters. The maximum absolute atomic E-state index is 11.6. The first-order chi connectivity index (χ1) is 11.3. The zero-order valence-electron chi connectivity index (χ0n) is 14.8. The smallest absolute Gasteiger partial charge is 0.407 e. The minimum Gasteiger partial charge on any atom is -0.497 e. The summed E-state index contributed by atoms with van der Waals surface area (Å²) in [5.41, 5.74) is 0.582. The van der Waals surface area contributed by atoms with E-state index in [1.165, 1.54) is 0 Å². The van der Waals surface area contributed by atoms with Crippen molar-refractivity contribution in [1.29, 1.82) is 0 Å². The summed E-state index contributed by atoms with van der Waals surface area (Å²) in [5.74, 6) is 0.807. The quantitative estimate of drug-likeness (QED) is 0.665. The van der Waals surface area contributed by atoms with Crippen molar-refractivity contribution in [2.24, 2.45) is 0 Å². The maximum atomic E-state index is 11.6. The minimum atomic E-state index is -0.531. The summed E-state index contributed by atoms with van der Waals surface area (Å²) in [7, 11) is 1.62. The number of hydrogen-bond acceptors (Lipinski definition) is 4. The van der Waals surface area contributed by atoms with Gasteiger partial charge >= 0.3 is 12.1 Å². The topological polar surface area (TPSA) is 88.7 Å². The lowest BCUT2D eigenvalue weighted by molar-refractivity contribution is 0.0528. The molecule has 0 saturated heterocycles. The van der Waals surface area contributed by atoms with Gasteiger partial charge in [0.15, 0.2) is 0 Å². The molecular formula is C17H27N3O4. The van der Waals surface area contributed by atoms with Crippen LogP contribution < -0.4 is 20.7 Å². The number of ether oxygens (including phenoxy) is 2. The molecule has 134 valence electrons. The van der Waals surface area contributed by atoms with Crippen LogP contribution in [0.2, 0.25) is 0 Å². The average molecular weight is 337 g/mol. The number of nitrogens with one attached hydrogen (secondary N) is 3. The second kappa shape index (κ2) is 9.64. The molecule has 3 N–H and O–H groups in total. The summed E-state index contributed by atoms with van der Waals surface area (Å²) in [6.07, 6.45) is 0.234. The van der Waals surface area contributed by atoms with Crippen LogP contribution >= 0.6 is 0 Å². The lowest BCUT2D eigenvalue weighted by atomic mass is 10.1. The molecule has 1 aromatic carbocycles. The lowest BCUT2D eigenvalue weighted by Gasteiger charge is -2.19. The predicted molar refractivity (Wildman–Crippen MR) is 92.3 cm³/mol. The Bertz CT molecular complexity index is 524. The van der Waals surface area contributed by atoms with Crippen LogP contribution in [0.5, 0.6) is 5.75 Å². The van der Waals surface area contributed by atoms with Crippen LogP contribution in [0.1, 0.15) is 26.3 Å². The third-order valence-corrected chi connectivity index (χ3v) is 2.94. The van der Waals surface area contributed by atoms with Gasteiger partial charge in [-0.15, -0.1) is 0 Å². The molecule has 0 saturated carbocycles. The Labute approximate surface area is 143 Å². The van der Waals surface area contributed by atoms with Crippen molar-refractivity contribution >= 4 is 12.1 Å². The highest BCUT2D eigenvalue weighted by Gasteiger charge is 2.15. The number of carbonyl (C=O) groups excluding carboxylic acids is 2. The number of benzene rings is 1. The van der Waals surface area contributed by atoms with Crippen LogP contribution in [-0.4, -0.2) is 44.5 Å². The number of carbonyl (C=O) groups is 2. The number of hydrogen-bond donors (Lipinski definition) is 3. The van der Waals surface area contributed by atoms with Crippen LogP contribution in [0.15, 0.2) is 24.3 Å². The second-order valence-corrected chi connectivity index (χ2v) is 6.21. The molecule has 3 amide bonds. The maximum Gasteiger partial charge on any atom is 0.407 e. The molecular weight excluding hydrogens is 310 g/mol. The van der Waals surface area contributed by atoms with Gasteiger partial charge < -0.3 is 25.4 Å². The van der Waals surface area contributed by atoms with E-state index < -0.39 is 11.7 Å². The first-order valence-electron chi connectivity index (χ1n) is 7.91. The standard InChI is InChI=1S/C17H27N3O4/c1-17(2,3)24-16(22)20-12-11-19-15(21)18-10-9-13-5-7-14(23-4)8-6-13/h5-8H,9-12H2,1-4H3,(H,20,22)(H2,18,19,21). The van der Waals surface area contributed by atoms with Crippen LogP contribution in [0.4, 0.5) is 9.59 Å². The third-order valence-electron chi connectivity index (χ3n) is 2.94. The Balaban J connectivity index is 2.10. The van der Waals surface area contributed by atoms with Crippen molar-refractivity contribution in [3.05, 3.63) is 29.8 Å². The van der Waals surface area contributed by atoms with E-state index in [2.05, 4.69) is 16.0 Å². The van der Waals surface area contributed by atoms with E-state index in [1.807, 2.05) is 24.3 Å². The zero-order chi connectivity index (χ0) is 18.0. The minimum absolute atomic E-state index is 0.269. The molecule has 0 unspecified atom stereocenters. The SMILES string of the molecule is COc1ccc(CCNC(=O)NCCNC(=O)OC(C)(C)C)cc1. The molecule has 24 heavy (non-hydrogen) atoms. The number of urea groups is 1. The Morgan fingerprint density at radius 2 is 1.54 bits per heavy atom. The van der Waals surface area contributed by atoms with Gasteiger partial charge in [0.05, 0.1) is 7.11 Å². The van der Waals surface area contributed by atoms with Gasteiger partial charge in [-0.1, -0.05) is 12.1 Å². The first kappa shape index (κ1) is 19.6. The Kier molecular flexibility index (Phi) is 7.88. The van der Waals surface area contributed by atoms with Gasteiger partial charge in [0.25, 0.3) is 0 Å². The number of alkyl carbamates (subject to hydrolysis) is 1. The average Bonchev–Trinajstić information content (AvgIpc) is 2.50. The lowest BCUT2D eigenvalue weighted by Crippen LogP contribution is -2.41. The van der Waals surface area contributed by atoms with Gasteiger partial charge in [-0.3, -0.25) is 0 Å². The Morgan fingerprint density at radius 3 is 2.12 bits per heavy atom. The van der Waals surface area contributed by atoms with Crippen molar-refractivity contribution in [2.45, 2.75) is 32.8 Å². The molecule has 1 aromatic rings. The Hall–Kier alpha value is -2.44. The normalized spacial score (nSPS) is 10.7. The molecule has 0 bridgehead atoms. The van der Waals surface area contributed by atoms with E-state index in [9.17, 15) is 9.59 Å². The third kappa shape index (κ3) is 8.87. The van der Waals surface area contributed by atoms with Crippen LogP contribution in [0.3, 0.4) is 0 Å². The fraction of sp³-hybridized carbons (Fsp3) is 0.529. The van der Waals surface area contributed by atoms with Gasteiger partial charge in [-0.2, -0.15) is 0 Å². The summed E-state index contributed by atoms with van der Waals surface area (Å²) in [6, 6.07) is 7.43. The number of methoxy groups -OCH3 is 1. The molecule has 0 spiro atoms. The van der Waals surface area contributed by atoms with E-state index in [1.54, 1.807) is 27.9 Å². The van der Waals surface area contributed by atoms with Crippen molar-refractivity contribution in [2.75, 3.05) is 26.7 Å². The monoisotopic (exact) mass is 337 g/mol. The molecule has 0 fully saturated rings. The summed E-state index contributed by atoms with van der Waals surface area (Å²) in [4.78, 5) is 23.0. The van der Waals surface area contributed by atoms with Gasteiger partial charge in [0, 0.05) is 19.6 Å². The molecule has 7 nitrogen and oxygen atoms in total. The molecule has 0 aliphatic heterocycles. The van der Waals surface area contributed by atoms with E-state index >= 15 is 0 Å². The fourth-order valence-electron chi connectivity index (χ4n) is 1.83. The summed E-state index contributed by atoms with van der Waals surface area (Å²) < 4.78 is 10.2. The highest BCUT2D eigenvalue weighted by Crippen LogP contribution is 2.11. The summed E-state index contributed by atoms with van der Waals surface area (Å²) in [5, 5.41) is 8.00. The molecule has 0 aliphatic rings. The second-order valence-electron chi connectivity index (χ2n) is 6.21. The Morgan fingerprint density at radius 1 is 0.958 bits per heavy atom. The summed E-state index contributed by atoms with van der Waals surface area (Å²) in [6.45, 7) is 6.54. The molecule has 7 heteroatoms. The van der Waals surface area contributed by atoms with Crippen molar-refractivity contribution in [1.82, 2.24) is 16.0 Å². The molecule has 1 rings (SSSR count). The largest absolute Gasteiger partial charge is 0.497 e. The first-order valence-corrected chi connectivity index (χ1v) is 7.91. The zero-order valence-corrected chi connectivity index (χ0v) is 14.8. The van der Waals surface area contributed by atoms with Crippen molar-refractivity contribution < 1.29 is 19.1 Å². The molecule has 0 aromatic heterocycles. The molecule has 0 radical (unpaired) electrons. The summed E-state index contributed by atoms with van der Waals surface area (Å²) >= 11 is 0. The highest BCUT2D eigenvalue weighted by molar-refractivity contribution is 5.74. The van der Waals surface area contributed by atoms with Crippen LogP contribution in [0.25, 0.3) is 0 Å². The van der Waals surface area contributed by atoms with E-state index in [4.69, 9.17) is 9.47 Å². The van der Waals surface area contributed by atoms with Crippen molar-refractivity contribution in [3.63, 3.8) is 0 Å². The molecule has 0 aliphatic carbocycles. The van der Waals surface area contributed by atoms with Crippen LogP contribution in [-0.2, 0) is 11.2 Å². The van der Waals surface area contributed by atoms with E-state index in [0.717, 1.165) is 17.7 Å². The molecule has 0 heterocycles. The van der Waals surface area contributed by atoms with E-state index in [0.29, 0.717) is 19.6 Å². The van der Waals surface area contributed by atoms with Crippen LogP contribution in [0, 0.1) is 0 Å². The fourth-order valence-corrected chi connectivity index (χ4v) is 1.83. The van der Waals surface area contributed by atoms with Gasteiger partial charge in [-0.05, 0) is 44.9 Å². The number of rotatable bonds is 7. The van der Waals surface area contributed by atoms with E-state index in [-0.39, 0.29) is 6.03 Å². The van der Waals surface area contributed by atoms with Gasteiger partial charge in [-0.25, -0.2) is 9.59 Å².